The molecule has 1 nitrogen and oxygen atoms in total. The molecule has 0 unspecified atom stereocenters. The van der Waals surface area contributed by atoms with E-state index in [2.05, 4.69) is 44.2 Å². The van der Waals surface area contributed by atoms with E-state index in [0.717, 1.165) is 25.0 Å². The minimum atomic E-state index is 0.462. The lowest BCUT2D eigenvalue weighted by Gasteiger charge is -2.29. The molecule has 0 aromatic heterocycles. The van der Waals surface area contributed by atoms with Gasteiger partial charge in [-0.05, 0) is 42.2 Å². The van der Waals surface area contributed by atoms with E-state index in [4.69, 9.17) is 5.73 Å². The van der Waals surface area contributed by atoms with Gasteiger partial charge < -0.3 is 5.73 Å². The Morgan fingerprint density at radius 2 is 2.00 bits per heavy atom. The average Bonchev–Trinajstić information content (AvgIpc) is 2.26. The number of allylic oxidation sites excluding steroid dienone is 7. The predicted molar refractivity (Wildman–Crippen MR) is 74.4 cm³/mol. The van der Waals surface area contributed by atoms with Crippen molar-refractivity contribution in [2.45, 2.75) is 46.0 Å². The van der Waals surface area contributed by atoms with Crippen molar-refractivity contribution in [3.63, 3.8) is 0 Å². The molecule has 0 saturated carbocycles. The highest BCUT2D eigenvalue weighted by molar-refractivity contribution is 5.44. The summed E-state index contributed by atoms with van der Waals surface area (Å²) in [6.45, 7) is 4.68. The molecule has 17 heavy (non-hydrogen) atoms. The first-order chi connectivity index (χ1) is 8.08. The van der Waals surface area contributed by atoms with E-state index >= 15 is 0 Å². The molecule has 1 heteroatoms. The van der Waals surface area contributed by atoms with Crippen molar-refractivity contribution in [2.24, 2.45) is 11.1 Å². The normalized spacial score (nSPS) is 30.4. The van der Waals surface area contributed by atoms with E-state index in [9.17, 15) is 0 Å². The monoisotopic (exact) mass is 229 g/mol. The lowest BCUT2D eigenvalue weighted by Crippen LogP contribution is -2.16. The molecule has 0 aliphatic heterocycles. The summed E-state index contributed by atoms with van der Waals surface area (Å²) in [6.07, 6.45) is 16.7. The van der Waals surface area contributed by atoms with Gasteiger partial charge in [-0.25, -0.2) is 0 Å². The Bertz CT molecular complexity index is 405. The van der Waals surface area contributed by atoms with Crippen LogP contribution in [0.2, 0.25) is 0 Å². The number of hydrogen-bond acceptors (Lipinski definition) is 1. The van der Waals surface area contributed by atoms with Crippen molar-refractivity contribution in [3.05, 3.63) is 47.2 Å². The Morgan fingerprint density at radius 3 is 2.71 bits per heavy atom. The van der Waals surface area contributed by atoms with Crippen LogP contribution in [0.15, 0.2) is 47.2 Å². The maximum Gasteiger partial charge on any atom is 0.0195 e. The first-order valence-corrected chi connectivity index (χ1v) is 6.58. The average molecular weight is 229 g/mol. The third kappa shape index (κ3) is 3.12. The maximum atomic E-state index is 6.18. The Labute approximate surface area is 105 Å². The van der Waals surface area contributed by atoms with Crippen LogP contribution in [0.5, 0.6) is 0 Å². The SMILES string of the molecule is CC1(C)CC=C(C2=C(\N)CC=CC/C=C\2)CC1. The van der Waals surface area contributed by atoms with Gasteiger partial charge in [-0.1, -0.05) is 44.2 Å². The largest absolute Gasteiger partial charge is 0.401 e. The maximum absolute atomic E-state index is 6.18. The molecule has 0 spiro atoms. The summed E-state index contributed by atoms with van der Waals surface area (Å²) in [5.41, 5.74) is 10.4. The lowest BCUT2D eigenvalue weighted by atomic mass is 9.76. The molecule has 2 N–H and O–H groups in total. The van der Waals surface area contributed by atoms with Crippen LogP contribution in [0, 0.1) is 5.41 Å². The first-order valence-electron chi connectivity index (χ1n) is 6.58. The number of hydrogen-bond donors (Lipinski definition) is 1. The number of rotatable bonds is 1. The standard InChI is InChI=1S/C16H23N/c1-16(2)11-9-13(10-12-16)14-7-5-3-4-6-8-15(14)17/h4-7,9H,3,8,10-12,17H2,1-2H3/b6-4?,7-5-,15-14-. The quantitative estimate of drug-likeness (QED) is 0.669. The summed E-state index contributed by atoms with van der Waals surface area (Å²) in [5.74, 6) is 0. The highest BCUT2D eigenvalue weighted by Crippen LogP contribution is 2.37. The molecule has 0 aromatic rings. The smallest absolute Gasteiger partial charge is 0.0195 e. The van der Waals surface area contributed by atoms with E-state index in [1.165, 1.54) is 24.0 Å². The molecular weight excluding hydrogens is 206 g/mol. The molecule has 92 valence electrons. The second-order valence-corrected chi connectivity index (χ2v) is 5.85. The van der Waals surface area contributed by atoms with Crippen molar-refractivity contribution in [3.8, 4) is 0 Å². The van der Waals surface area contributed by atoms with Crippen LogP contribution in [0.4, 0.5) is 0 Å². The van der Waals surface area contributed by atoms with Gasteiger partial charge in [0.15, 0.2) is 0 Å². The van der Waals surface area contributed by atoms with Gasteiger partial charge in [0.25, 0.3) is 0 Å². The molecule has 2 aliphatic carbocycles. The van der Waals surface area contributed by atoms with E-state index < -0.39 is 0 Å². The van der Waals surface area contributed by atoms with Crippen molar-refractivity contribution < 1.29 is 0 Å². The summed E-state index contributed by atoms with van der Waals surface area (Å²) in [6, 6.07) is 0. The van der Waals surface area contributed by atoms with Crippen LogP contribution in [0.1, 0.15) is 46.0 Å². The summed E-state index contributed by atoms with van der Waals surface area (Å²) in [7, 11) is 0. The van der Waals surface area contributed by atoms with Gasteiger partial charge in [0, 0.05) is 12.1 Å². The van der Waals surface area contributed by atoms with E-state index in [-0.39, 0.29) is 0 Å². The molecule has 0 radical (unpaired) electrons. The minimum Gasteiger partial charge on any atom is -0.401 e. The molecule has 0 atom stereocenters. The van der Waals surface area contributed by atoms with Crippen LogP contribution in [0.25, 0.3) is 0 Å². The van der Waals surface area contributed by atoms with Gasteiger partial charge in [0.2, 0.25) is 0 Å². The molecule has 0 bridgehead atoms. The van der Waals surface area contributed by atoms with Gasteiger partial charge in [-0.15, -0.1) is 0 Å². The fourth-order valence-electron chi connectivity index (χ4n) is 2.42. The van der Waals surface area contributed by atoms with Gasteiger partial charge >= 0.3 is 0 Å². The summed E-state index contributed by atoms with van der Waals surface area (Å²) in [4.78, 5) is 0. The third-order valence-corrected chi connectivity index (χ3v) is 3.73. The Kier molecular flexibility index (Phi) is 3.56. The Hall–Kier alpha value is -1.24. The predicted octanol–water partition coefficient (Wildman–Crippen LogP) is 4.24. The van der Waals surface area contributed by atoms with E-state index in [0.29, 0.717) is 5.41 Å². The fourth-order valence-corrected chi connectivity index (χ4v) is 2.42. The Morgan fingerprint density at radius 1 is 1.18 bits per heavy atom. The van der Waals surface area contributed by atoms with Crippen molar-refractivity contribution in [1.29, 1.82) is 0 Å². The van der Waals surface area contributed by atoms with E-state index in [1.807, 2.05) is 0 Å². The molecule has 0 aromatic carbocycles. The summed E-state index contributed by atoms with van der Waals surface area (Å²) >= 11 is 0. The lowest BCUT2D eigenvalue weighted by molar-refractivity contribution is 0.326. The summed E-state index contributed by atoms with van der Waals surface area (Å²) in [5, 5.41) is 0. The van der Waals surface area contributed by atoms with E-state index in [1.54, 1.807) is 0 Å². The van der Waals surface area contributed by atoms with Gasteiger partial charge in [-0.2, -0.15) is 0 Å². The Balaban J connectivity index is 2.24. The minimum absolute atomic E-state index is 0.462. The van der Waals surface area contributed by atoms with Gasteiger partial charge in [-0.3, -0.25) is 0 Å². The summed E-state index contributed by atoms with van der Waals surface area (Å²) < 4.78 is 0. The van der Waals surface area contributed by atoms with Gasteiger partial charge in [0.1, 0.15) is 0 Å². The van der Waals surface area contributed by atoms with Crippen LogP contribution >= 0.6 is 0 Å². The molecule has 2 rings (SSSR count). The highest BCUT2D eigenvalue weighted by atomic mass is 14.6. The van der Waals surface area contributed by atoms with Crippen molar-refractivity contribution in [1.82, 2.24) is 0 Å². The van der Waals surface area contributed by atoms with Crippen molar-refractivity contribution in [2.75, 3.05) is 0 Å². The zero-order chi connectivity index (χ0) is 12.3. The molecule has 2 aliphatic rings. The zero-order valence-electron chi connectivity index (χ0n) is 11.0. The fraction of sp³-hybridized carbons (Fsp3) is 0.500. The van der Waals surface area contributed by atoms with Crippen LogP contribution < -0.4 is 5.73 Å². The van der Waals surface area contributed by atoms with Gasteiger partial charge in [0.05, 0.1) is 0 Å². The molecular formula is C16H23N. The second-order valence-electron chi connectivity index (χ2n) is 5.85. The van der Waals surface area contributed by atoms with Crippen LogP contribution in [0.3, 0.4) is 0 Å². The topological polar surface area (TPSA) is 26.0 Å². The third-order valence-electron chi connectivity index (χ3n) is 3.73. The molecule has 0 fully saturated rings. The number of nitrogens with two attached hydrogens (primary N) is 1. The molecule has 0 heterocycles. The van der Waals surface area contributed by atoms with Crippen LogP contribution in [-0.2, 0) is 0 Å². The first kappa shape index (κ1) is 12.2. The molecule has 0 amide bonds. The second kappa shape index (κ2) is 4.95. The highest BCUT2D eigenvalue weighted by Gasteiger charge is 2.22. The van der Waals surface area contributed by atoms with Crippen molar-refractivity contribution >= 4 is 0 Å². The van der Waals surface area contributed by atoms with Crippen LogP contribution in [-0.4, -0.2) is 0 Å². The molecule has 0 saturated heterocycles. The zero-order valence-corrected chi connectivity index (χ0v) is 11.0.